The first kappa shape index (κ1) is 24.5. The van der Waals surface area contributed by atoms with Crippen LogP contribution in [0, 0.1) is 12.8 Å². The molecule has 9 heteroatoms. The van der Waals surface area contributed by atoms with Crippen LogP contribution in [0.3, 0.4) is 0 Å². The number of rotatable bonds is 6. The van der Waals surface area contributed by atoms with E-state index in [1.807, 2.05) is 19.1 Å². The largest absolute Gasteiger partial charge is 0.480 e. The Labute approximate surface area is 208 Å². The van der Waals surface area contributed by atoms with E-state index in [0.717, 1.165) is 73.8 Å². The summed E-state index contributed by atoms with van der Waals surface area (Å²) in [4.78, 5) is 39.4. The Bertz CT molecular complexity index is 1070. The number of hydrogen-bond donors (Lipinski definition) is 4. The predicted octanol–water partition coefficient (Wildman–Crippen LogP) is 6.00. The van der Waals surface area contributed by atoms with Crippen molar-refractivity contribution in [1.82, 2.24) is 5.32 Å². The predicted molar refractivity (Wildman–Crippen MR) is 135 cm³/mol. The van der Waals surface area contributed by atoms with Gasteiger partial charge in [-0.15, -0.1) is 11.3 Å². The minimum Gasteiger partial charge on any atom is -0.480 e. The molecule has 0 saturated heterocycles. The van der Waals surface area contributed by atoms with Crippen molar-refractivity contribution in [1.29, 1.82) is 0 Å². The lowest BCUT2D eigenvalue weighted by Crippen LogP contribution is -2.46. The quantitative estimate of drug-likeness (QED) is 0.388. The molecule has 34 heavy (non-hydrogen) atoms. The molecule has 2 aromatic rings. The molecular weight excluding hydrogens is 474 g/mol. The number of aliphatic carboxylic acids is 1. The molecular formula is C25H30ClN3O4S. The van der Waals surface area contributed by atoms with Crippen LogP contribution in [0.2, 0.25) is 5.02 Å². The van der Waals surface area contributed by atoms with Crippen LogP contribution in [-0.4, -0.2) is 29.1 Å². The summed E-state index contributed by atoms with van der Waals surface area (Å²) in [5, 5.41) is 19.1. The van der Waals surface area contributed by atoms with Crippen LogP contribution in [0.25, 0.3) is 0 Å². The van der Waals surface area contributed by atoms with Gasteiger partial charge in [0.2, 0.25) is 0 Å². The number of para-hydroxylation sites is 1. The molecule has 0 aliphatic heterocycles. The Morgan fingerprint density at radius 2 is 1.79 bits per heavy atom. The number of urea groups is 1. The van der Waals surface area contributed by atoms with E-state index < -0.39 is 23.9 Å². The lowest BCUT2D eigenvalue weighted by molar-refractivity contribution is -0.141. The Balaban J connectivity index is 1.58. The summed E-state index contributed by atoms with van der Waals surface area (Å²) in [6.07, 6.45) is 8.22. The highest BCUT2D eigenvalue weighted by Gasteiger charge is 2.34. The molecule has 1 saturated carbocycles. The maximum absolute atomic E-state index is 13.4. The first-order chi connectivity index (χ1) is 16.3. The van der Waals surface area contributed by atoms with Gasteiger partial charge in [0.25, 0.3) is 5.91 Å². The molecule has 1 aromatic heterocycles. The van der Waals surface area contributed by atoms with Gasteiger partial charge in [-0.2, -0.15) is 0 Å². The number of aryl methyl sites for hydroxylation is 2. The number of thiophene rings is 1. The van der Waals surface area contributed by atoms with E-state index in [9.17, 15) is 19.5 Å². The summed E-state index contributed by atoms with van der Waals surface area (Å²) >= 11 is 7.64. The zero-order valence-corrected chi connectivity index (χ0v) is 20.8. The number of benzene rings is 1. The number of halogens is 1. The fraction of sp³-hybridized carbons (Fsp3) is 0.480. The third-order valence-electron chi connectivity index (χ3n) is 6.76. The zero-order chi connectivity index (χ0) is 24.2. The number of carbonyl (C=O) groups is 3. The molecule has 182 valence electrons. The second kappa shape index (κ2) is 10.8. The van der Waals surface area contributed by atoms with Gasteiger partial charge in [-0.25, -0.2) is 9.59 Å². The Kier molecular flexibility index (Phi) is 7.78. The Morgan fingerprint density at radius 3 is 2.50 bits per heavy atom. The number of fused-ring (bicyclic) bond motifs is 1. The lowest BCUT2D eigenvalue weighted by atomic mass is 9.83. The second-order valence-electron chi connectivity index (χ2n) is 9.11. The van der Waals surface area contributed by atoms with Crippen LogP contribution in [0.15, 0.2) is 18.2 Å². The fourth-order valence-corrected chi connectivity index (χ4v) is 6.55. The molecule has 2 aliphatic carbocycles. The van der Waals surface area contributed by atoms with Crippen LogP contribution in [0.4, 0.5) is 15.5 Å². The monoisotopic (exact) mass is 503 g/mol. The summed E-state index contributed by atoms with van der Waals surface area (Å²) in [6.45, 7) is 1.85. The highest BCUT2D eigenvalue weighted by Crippen LogP contribution is 2.39. The average Bonchev–Trinajstić information content (AvgIpc) is 3.18. The third-order valence-corrected chi connectivity index (χ3v) is 8.28. The molecule has 1 heterocycles. The molecule has 0 spiro atoms. The Morgan fingerprint density at radius 1 is 1.06 bits per heavy atom. The van der Waals surface area contributed by atoms with E-state index in [0.29, 0.717) is 21.3 Å². The average molecular weight is 504 g/mol. The van der Waals surface area contributed by atoms with Gasteiger partial charge in [0.1, 0.15) is 11.0 Å². The molecule has 7 nitrogen and oxygen atoms in total. The second-order valence-corrected chi connectivity index (χ2v) is 10.6. The molecule has 2 aliphatic rings. The molecule has 1 fully saturated rings. The van der Waals surface area contributed by atoms with E-state index >= 15 is 0 Å². The summed E-state index contributed by atoms with van der Waals surface area (Å²) in [7, 11) is 0. The molecule has 1 aromatic carbocycles. The van der Waals surface area contributed by atoms with Crippen LogP contribution < -0.4 is 16.0 Å². The Hall–Kier alpha value is -2.58. The minimum absolute atomic E-state index is 0.0763. The van der Waals surface area contributed by atoms with Crippen molar-refractivity contribution in [2.24, 2.45) is 5.92 Å². The van der Waals surface area contributed by atoms with Gasteiger partial charge in [0.05, 0.1) is 16.3 Å². The smallest absolute Gasteiger partial charge is 0.326 e. The fourth-order valence-electron chi connectivity index (χ4n) is 4.99. The van der Waals surface area contributed by atoms with Crippen LogP contribution in [0.5, 0.6) is 0 Å². The number of anilines is 2. The maximum atomic E-state index is 13.4. The van der Waals surface area contributed by atoms with Gasteiger partial charge < -0.3 is 15.7 Å². The van der Waals surface area contributed by atoms with Crippen molar-refractivity contribution in [3.8, 4) is 0 Å². The minimum atomic E-state index is -1.01. The van der Waals surface area contributed by atoms with E-state index in [1.54, 1.807) is 6.07 Å². The van der Waals surface area contributed by atoms with Gasteiger partial charge in [-0.3, -0.25) is 10.1 Å². The van der Waals surface area contributed by atoms with E-state index in [-0.39, 0.29) is 5.92 Å². The topological polar surface area (TPSA) is 108 Å². The molecule has 0 radical (unpaired) electrons. The zero-order valence-electron chi connectivity index (χ0n) is 19.2. The van der Waals surface area contributed by atoms with Crippen molar-refractivity contribution < 1.29 is 19.5 Å². The van der Waals surface area contributed by atoms with Crippen LogP contribution in [0.1, 0.15) is 71.3 Å². The van der Waals surface area contributed by atoms with Crippen molar-refractivity contribution in [2.45, 2.75) is 70.8 Å². The van der Waals surface area contributed by atoms with E-state index in [1.165, 1.54) is 11.3 Å². The molecule has 1 atom stereocenters. The summed E-state index contributed by atoms with van der Waals surface area (Å²) in [5.74, 6) is -1.51. The molecule has 3 amide bonds. The maximum Gasteiger partial charge on any atom is 0.326 e. The SMILES string of the molecule is Cc1cccc(Cl)c1NC(=O)Nc1sc2c(c1C(=O)N[C@H](C(=O)O)C1CCCCC1)CCCC2. The normalized spacial score (nSPS) is 16.9. The van der Waals surface area contributed by atoms with Crippen molar-refractivity contribution in [3.05, 3.63) is 44.8 Å². The number of amides is 3. The van der Waals surface area contributed by atoms with Gasteiger partial charge in [-0.1, -0.05) is 43.0 Å². The lowest BCUT2D eigenvalue weighted by Gasteiger charge is -2.28. The first-order valence-corrected chi connectivity index (χ1v) is 13.1. The third kappa shape index (κ3) is 5.39. The standard InChI is InChI=1S/C25H30ClN3O4S/c1-14-8-7-12-17(26)20(14)28-25(33)29-23-19(16-11-5-6-13-18(16)34-23)22(30)27-21(24(31)32)15-9-3-2-4-10-15/h7-8,12,15,21H,2-6,9-11,13H2,1H3,(H,27,30)(H,31,32)(H2,28,29,33)/t21-/m0/s1. The van der Waals surface area contributed by atoms with Gasteiger partial charge in [0, 0.05) is 4.88 Å². The number of carboxylic acids is 1. The number of carboxylic acid groups (broad SMARTS) is 1. The number of hydrogen-bond acceptors (Lipinski definition) is 4. The van der Waals surface area contributed by atoms with Crippen LogP contribution >= 0.6 is 22.9 Å². The molecule has 0 unspecified atom stereocenters. The van der Waals surface area contributed by atoms with Gasteiger partial charge in [-0.05, 0) is 68.6 Å². The van der Waals surface area contributed by atoms with Gasteiger partial charge >= 0.3 is 12.0 Å². The van der Waals surface area contributed by atoms with Crippen molar-refractivity contribution >= 4 is 51.5 Å². The van der Waals surface area contributed by atoms with E-state index in [4.69, 9.17) is 11.6 Å². The molecule has 0 bridgehead atoms. The summed E-state index contributed by atoms with van der Waals surface area (Å²) < 4.78 is 0. The number of nitrogens with one attached hydrogen (secondary N) is 3. The van der Waals surface area contributed by atoms with Crippen LogP contribution in [-0.2, 0) is 17.6 Å². The van der Waals surface area contributed by atoms with Crippen molar-refractivity contribution in [2.75, 3.05) is 10.6 Å². The van der Waals surface area contributed by atoms with Crippen molar-refractivity contribution in [3.63, 3.8) is 0 Å². The summed E-state index contributed by atoms with van der Waals surface area (Å²) in [5.41, 5.74) is 2.65. The van der Waals surface area contributed by atoms with E-state index in [2.05, 4.69) is 16.0 Å². The first-order valence-electron chi connectivity index (χ1n) is 11.9. The highest BCUT2D eigenvalue weighted by atomic mass is 35.5. The number of carbonyl (C=O) groups excluding carboxylic acids is 2. The molecule has 4 N–H and O–H groups in total. The van der Waals surface area contributed by atoms with Gasteiger partial charge in [0.15, 0.2) is 0 Å². The summed E-state index contributed by atoms with van der Waals surface area (Å²) in [6, 6.07) is 3.93. The highest BCUT2D eigenvalue weighted by molar-refractivity contribution is 7.17. The molecule has 4 rings (SSSR count).